The highest BCUT2D eigenvalue weighted by Crippen LogP contribution is 2.20. The first kappa shape index (κ1) is 13.1. The minimum atomic E-state index is 0.455. The highest BCUT2D eigenvalue weighted by molar-refractivity contribution is 4.87. The van der Waals surface area contributed by atoms with Gasteiger partial charge in [0.05, 0.1) is 0 Å². The van der Waals surface area contributed by atoms with Crippen LogP contribution < -0.4 is 5.73 Å². The molecule has 0 aromatic rings. The van der Waals surface area contributed by atoms with E-state index >= 15 is 0 Å². The van der Waals surface area contributed by atoms with E-state index in [-0.39, 0.29) is 0 Å². The molecule has 2 aliphatic rings. The van der Waals surface area contributed by atoms with E-state index in [0.29, 0.717) is 6.04 Å². The molecule has 17 heavy (non-hydrogen) atoms. The highest BCUT2D eigenvalue weighted by atomic mass is 15.3. The van der Waals surface area contributed by atoms with E-state index in [4.69, 9.17) is 5.73 Å². The smallest absolute Gasteiger partial charge is 0.0235 e. The minimum absolute atomic E-state index is 0.455. The number of piperidine rings is 1. The third-order valence-electron chi connectivity index (χ3n) is 4.22. The van der Waals surface area contributed by atoms with E-state index in [0.717, 1.165) is 12.5 Å². The summed E-state index contributed by atoms with van der Waals surface area (Å²) >= 11 is 0. The van der Waals surface area contributed by atoms with E-state index < -0.39 is 0 Å². The molecule has 2 saturated heterocycles. The molecule has 3 heteroatoms. The summed E-state index contributed by atoms with van der Waals surface area (Å²) < 4.78 is 0. The number of nitrogens with two attached hydrogens (primary N) is 1. The third-order valence-corrected chi connectivity index (χ3v) is 4.22. The Morgan fingerprint density at radius 3 is 2.65 bits per heavy atom. The minimum Gasteiger partial charge on any atom is -0.328 e. The van der Waals surface area contributed by atoms with Crippen molar-refractivity contribution in [3.05, 3.63) is 12.7 Å². The van der Waals surface area contributed by atoms with Gasteiger partial charge in [-0.2, -0.15) is 0 Å². The van der Waals surface area contributed by atoms with Crippen LogP contribution in [0.2, 0.25) is 0 Å². The van der Waals surface area contributed by atoms with Crippen LogP contribution in [0.3, 0.4) is 0 Å². The average Bonchev–Trinajstić information content (AvgIpc) is 2.79. The molecule has 2 aliphatic heterocycles. The Hall–Kier alpha value is -0.380. The van der Waals surface area contributed by atoms with Crippen LogP contribution in [0.4, 0.5) is 0 Å². The first-order chi connectivity index (χ1) is 8.29. The average molecular weight is 237 g/mol. The molecule has 2 fully saturated rings. The van der Waals surface area contributed by atoms with E-state index in [2.05, 4.69) is 16.4 Å². The number of nitrogens with zero attached hydrogens (tertiary/aromatic N) is 2. The van der Waals surface area contributed by atoms with Gasteiger partial charge >= 0.3 is 0 Å². The summed E-state index contributed by atoms with van der Waals surface area (Å²) in [6.07, 6.45) is 8.17. The lowest BCUT2D eigenvalue weighted by molar-refractivity contribution is 0.152. The number of hydrogen-bond acceptors (Lipinski definition) is 3. The molecule has 2 heterocycles. The molecular weight excluding hydrogens is 210 g/mol. The molecule has 0 aromatic carbocycles. The summed E-state index contributed by atoms with van der Waals surface area (Å²) in [6.45, 7) is 10.0. The van der Waals surface area contributed by atoms with Crippen LogP contribution in [0.15, 0.2) is 12.7 Å². The van der Waals surface area contributed by atoms with Crippen molar-refractivity contribution in [2.75, 3.05) is 32.7 Å². The molecule has 0 saturated carbocycles. The van der Waals surface area contributed by atoms with Crippen molar-refractivity contribution < 1.29 is 0 Å². The second kappa shape index (κ2) is 6.53. The fourth-order valence-electron chi connectivity index (χ4n) is 3.06. The van der Waals surface area contributed by atoms with Gasteiger partial charge in [0.1, 0.15) is 0 Å². The second-order valence-corrected chi connectivity index (χ2v) is 5.55. The van der Waals surface area contributed by atoms with Crippen molar-refractivity contribution in [2.45, 2.75) is 44.2 Å². The SMILES string of the molecule is C=CCCCN1CCC(N2CCC(N)CC2)C1. The molecule has 2 rings (SSSR count). The normalized spacial score (nSPS) is 28.6. The Labute approximate surface area is 106 Å². The van der Waals surface area contributed by atoms with Gasteiger partial charge in [-0.3, -0.25) is 4.90 Å². The third kappa shape index (κ3) is 3.80. The van der Waals surface area contributed by atoms with Crippen LogP contribution in [0, 0.1) is 0 Å². The molecule has 98 valence electrons. The molecule has 0 bridgehead atoms. The van der Waals surface area contributed by atoms with Gasteiger partial charge in [-0.15, -0.1) is 6.58 Å². The Morgan fingerprint density at radius 2 is 1.94 bits per heavy atom. The monoisotopic (exact) mass is 237 g/mol. The van der Waals surface area contributed by atoms with Gasteiger partial charge in [-0.05, 0) is 58.3 Å². The molecule has 1 unspecified atom stereocenters. The van der Waals surface area contributed by atoms with Gasteiger partial charge in [0, 0.05) is 18.6 Å². The maximum atomic E-state index is 5.96. The van der Waals surface area contributed by atoms with Crippen LogP contribution in [0.25, 0.3) is 0 Å². The first-order valence-corrected chi connectivity index (χ1v) is 7.12. The quantitative estimate of drug-likeness (QED) is 0.580. The molecule has 3 nitrogen and oxygen atoms in total. The summed E-state index contributed by atoms with van der Waals surface area (Å²) in [5.74, 6) is 0. The Morgan fingerprint density at radius 1 is 1.18 bits per heavy atom. The maximum absolute atomic E-state index is 5.96. The lowest BCUT2D eigenvalue weighted by Crippen LogP contribution is -2.46. The molecule has 1 atom stereocenters. The fourth-order valence-corrected chi connectivity index (χ4v) is 3.06. The molecule has 0 aromatic heterocycles. The van der Waals surface area contributed by atoms with Crippen LogP contribution in [-0.4, -0.2) is 54.6 Å². The zero-order valence-corrected chi connectivity index (χ0v) is 11.0. The fraction of sp³-hybridized carbons (Fsp3) is 0.857. The lowest BCUT2D eigenvalue weighted by atomic mass is 10.0. The van der Waals surface area contributed by atoms with Crippen LogP contribution in [0.5, 0.6) is 0 Å². The van der Waals surface area contributed by atoms with Crippen LogP contribution >= 0.6 is 0 Å². The molecule has 2 N–H and O–H groups in total. The lowest BCUT2D eigenvalue weighted by Gasteiger charge is -2.34. The summed E-state index contributed by atoms with van der Waals surface area (Å²) in [5, 5.41) is 0. The Balaban J connectivity index is 1.68. The standard InChI is InChI=1S/C14H27N3/c1-2-3-4-8-16-9-7-14(12-16)17-10-5-13(15)6-11-17/h2,13-14H,1,3-12,15H2. The van der Waals surface area contributed by atoms with Crippen molar-refractivity contribution in [3.63, 3.8) is 0 Å². The van der Waals surface area contributed by atoms with Gasteiger partial charge in [-0.25, -0.2) is 0 Å². The topological polar surface area (TPSA) is 32.5 Å². The predicted molar refractivity (Wildman–Crippen MR) is 73.1 cm³/mol. The molecule has 0 radical (unpaired) electrons. The van der Waals surface area contributed by atoms with E-state index in [1.165, 1.54) is 58.4 Å². The number of likely N-dealkylation sites (tertiary alicyclic amines) is 2. The van der Waals surface area contributed by atoms with Gasteiger partial charge in [-0.1, -0.05) is 6.08 Å². The number of allylic oxidation sites excluding steroid dienone is 1. The van der Waals surface area contributed by atoms with Gasteiger partial charge in [0.25, 0.3) is 0 Å². The summed E-state index contributed by atoms with van der Waals surface area (Å²) in [7, 11) is 0. The van der Waals surface area contributed by atoms with Crippen molar-refractivity contribution in [2.24, 2.45) is 5.73 Å². The maximum Gasteiger partial charge on any atom is 0.0235 e. The molecule has 0 spiro atoms. The predicted octanol–water partition coefficient (Wildman–Crippen LogP) is 1.45. The van der Waals surface area contributed by atoms with Crippen LogP contribution in [0.1, 0.15) is 32.1 Å². The zero-order chi connectivity index (χ0) is 12.1. The summed E-state index contributed by atoms with van der Waals surface area (Å²) in [4.78, 5) is 5.28. The van der Waals surface area contributed by atoms with E-state index in [1.54, 1.807) is 0 Å². The summed E-state index contributed by atoms with van der Waals surface area (Å²) in [5.41, 5.74) is 5.96. The van der Waals surface area contributed by atoms with Crippen molar-refractivity contribution in [1.82, 2.24) is 9.80 Å². The highest BCUT2D eigenvalue weighted by Gasteiger charge is 2.29. The summed E-state index contributed by atoms with van der Waals surface area (Å²) in [6, 6.07) is 1.25. The number of hydrogen-bond donors (Lipinski definition) is 1. The van der Waals surface area contributed by atoms with Gasteiger partial charge in [0.15, 0.2) is 0 Å². The van der Waals surface area contributed by atoms with Crippen molar-refractivity contribution >= 4 is 0 Å². The van der Waals surface area contributed by atoms with E-state index in [9.17, 15) is 0 Å². The van der Waals surface area contributed by atoms with Crippen molar-refractivity contribution in [3.8, 4) is 0 Å². The van der Waals surface area contributed by atoms with Crippen molar-refractivity contribution in [1.29, 1.82) is 0 Å². The van der Waals surface area contributed by atoms with Gasteiger partial charge in [0.2, 0.25) is 0 Å². The zero-order valence-electron chi connectivity index (χ0n) is 11.0. The number of unbranched alkanes of at least 4 members (excludes halogenated alkanes) is 1. The number of rotatable bonds is 5. The molecular formula is C14H27N3. The van der Waals surface area contributed by atoms with E-state index in [1.807, 2.05) is 6.08 Å². The second-order valence-electron chi connectivity index (χ2n) is 5.55. The Kier molecular flexibility index (Phi) is 5.01. The largest absolute Gasteiger partial charge is 0.328 e. The Bertz CT molecular complexity index is 234. The first-order valence-electron chi connectivity index (χ1n) is 7.12. The van der Waals surface area contributed by atoms with Gasteiger partial charge < -0.3 is 10.6 Å². The van der Waals surface area contributed by atoms with Crippen LogP contribution in [-0.2, 0) is 0 Å². The molecule has 0 amide bonds. The molecule has 0 aliphatic carbocycles.